The second kappa shape index (κ2) is 5.54. The minimum absolute atomic E-state index is 0.0285. The number of carboxylic acid groups (broad SMARTS) is 1. The number of rotatable bonds is 5. The monoisotopic (exact) mass is 295 g/mol. The van der Waals surface area contributed by atoms with Crippen LogP contribution in [0, 0.1) is 0 Å². The third-order valence-corrected chi connectivity index (χ3v) is 4.04. The fraction of sp³-hybridized carbons (Fsp3) is 0.308. The number of ketones is 1. The number of furan rings is 1. The Bertz CT molecular complexity index is 590. The Hall–Kier alpha value is -2.02. The number of nitrogens with zero attached hydrogens (tertiary/aromatic N) is 1. The van der Waals surface area contributed by atoms with Gasteiger partial charge in [0.15, 0.2) is 5.76 Å². The molecule has 6 nitrogen and oxygen atoms in total. The average Bonchev–Trinajstić information content (AvgIpc) is 3.00. The quantitative estimate of drug-likeness (QED) is 0.826. The lowest BCUT2D eigenvalue weighted by Crippen LogP contribution is -2.30. The molecule has 0 spiro atoms. The Labute approximate surface area is 119 Å². The Morgan fingerprint density at radius 3 is 2.70 bits per heavy atom. The van der Waals surface area contributed by atoms with Crippen LogP contribution >= 0.6 is 11.8 Å². The number of likely N-dealkylation sites (N-methyl/N-ethyl adjacent to an activating group) is 1. The van der Waals surface area contributed by atoms with E-state index in [1.807, 2.05) is 0 Å². The van der Waals surface area contributed by atoms with Gasteiger partial charge in [0.1, 0.15) is 5.37 Å². The summed E-state index contributed by atoms with van der Waals surface area (Å²) < 4.78 is 5.05. The SMILES string of the molecule is CS[C@H]1C(C(=O)c2ccco2)=C(CC(=O)O)C(=O)N1C. The zero-order valence-corrected chi connectivity index (χ0v) is 11.8. The Morgan fingerprint density at radius 2 is 2.20 bits per heavy atom. The summed E-state index contributed by atoms with van der Waals surface area (Å²) in [6, 6.07) is 3.06. The number of amides is 1. The van der Waals surface area contributed by atoms with E-state index in [1.54, 1.807) is 19.4 Å². The van der Waals surface area contributed by atoms with Gasteiger partial charge in [0.05, 0.1) is 12.7 Å². The molecule has 0 fully saturated rings. The fourth-order valence-electron chi connectivity index (χ4n) is 2.16. The maximum absolute atomic E-state index is 12.4. The van der Waals surface area contributed by atoms with Gasteiger partial charge in [-0.25, -0.2) is 0 Å². The van der Waals surface area contributed by atoms with Gasteiger partial charge in [0.25, 0.3) is 5.91 Å². The van der Waals surface area contributed by atoms with E-state index in [-0.39, 0.29) is 16.9 Å². The van der Waals surface area contributed by atoms with Crippen LogP contribution in [0.5, 0.6) is 0 Å². The summed E-state index contributed by atoms with van der Waals surface area (Å²) in [5.41, 5.74) is 0.225. The molecule has 1 aliphatic heterocycles. The van der Waals surface area contributed by atoms with E-state index >= 15 is 0 Å². The number of carboxylic acids is 1. The van der Waals surface area contributed by atoms with E-state index in [9.17, 15) is 14.4 Å². The van der Waals surface area contributed by atoms with Gasteiger partial charge in [-0.3, -0.25) is 14.4 Å². The number of aliphatic carboxylic acids is 1. The summed E-state index contributed by atoms with van der Waals surface area (Å²) in [4.78, 5) is 36.8. The molecular formula is C13H13NO5S. The lowest BCUT2D eigenvalue weighted by molar-refractivity contribution is -0.137. The first kappa shape index (κ1) is 14.4. The molecule has 106 valence electrons. The number of carbonyl (C=O) groups excluding carboxylic acids is 2. The van der Waals surface area contributed by atoms with Gasteiger partial charge in [0, 0.05) is 18.2 Å². The van der Waals surface area contributed by atoms with E-state index in [0.29, 0.717) is 0 Å². The number of thioether (sulfide) groups is 1. The van der Waals surface area contributed by atoms with Gasteiger partial charge < -0.3 is 14.4 Å². The van der Waals surface area contributed by atoms with Crippen molar-refractivity contribution in [2.45, 2.75) is 11.8 Å². The van der Waals surface area contributed by atoms with Crippen molar-refractivity contribution in [3.8, 4) is 0 Å². The molecule has 2 heterocycles. The minimum atomic E-state index is -1.15. The van der Waals surface area contributed by atoms with Crippen LogP contribution in [0.4, 0.5) is 0 Å². The zero-order valence-electron chi connectivity index (χ0n) is 11.0. The lowest BCUT2D eigenvalue weighted by atomic mass is 10.0. The first-order valence-electron chi connectivity index (χ1n) is 5.80. The van der Waals surface area contributed by atoms with Gasteiger partial charge in [0.2, 0.25) is 5.78 Å². The summed E-state index contributed by atoms with van der Waals surface area (Å²) in [6.07, 6.45) is 2.65. The molecule has 1 N–H and O–H groups in total. The average molecular weight is 295 g/mol. The maximum Gasteiger partial charge on any atom is 0.308 e. The van der Waals surface area contributed by atoms with Gasteiger partial charge in [-0.1, -0.05) is 0 Å². The molecule has 1 amide bonds. The Balaban J connectivity index is 2.50. The maximum atomic E-state index is 12.4. The summed E-state index contributed by atoms with van der Waals surface area (Å²) in [7, 11) is 1.55. The Kier molecular flexibility index (Phi) is 3.99. The zero-order chi connectivity index (χ0) is 14.9. The predicted molar refractivity (Wildman–Crippen MR) is 72.4 cm³/mol. The van der Waals surface area contributed by atoms with E-state index in [1.165, 1.54) is 29.0 Å². The molecule has 1 aromatic rings. The highest BCUT2D eigenvalue weighted by Crippen LogP contribution is 2.34. The van der Waals surface area contributed by atoms with Crippen molar-refractivity contribution >= 4 is 29.4 Å². The molecule has 7 heteroatoms. The van der Waals surface area contributed by atoms with Crippen LogP contribution in [0.25, 0.3) is 0 Å². The van der Waals surface area contributed by atoms with Crippen molar-refractivity contribution in [1.29, 1.82) is 0 Å². The van der Waals surface area contributed by atoms with Crippen LogP contribution in [-0.4, -0.2) is 46.3 Å². The first-order chi connectivity index (χ1) is 9.47. The summed E-state index contributed by atoms with van der Waals surface area (Å²) in [6.45, 7) is 0. The minimum Gasteiger partial charge on any atom is -0.481 e. The van der Waals surface area contributed by atoms with Crippen LogP contribution < -0.4 is 0 Å². The second-order valence-electron chi connectivity index (χ2n) is 4.27. The van der Waals surface area contributed by atoms with E-state index < -0.39 is 29.5 Å². The molecule has 0 aromatic carbocycles. The molecule has 1 aromatic heterocycles. The van der Waals surface area contributed by atoms with Gasteiger partial charge in [-0.15, -0.1) is 11.8 Å². The molecule has 0 aliphatic carbocycles. The second-order valence-corrected chi connectivity index (χ2v) is 5.19. The standard InChI is InChI=1S/C13H13NO5S/c1-14-12(18)7(6-9(15)16)10(13(14)20-2)11(17)8-4-3-5-19-8/h3-5,13H,6H2,1-2H3,(H,15,16)/t13-/m0/s1. The number of Topliss-reactive ketones (excluding diaryl/α,β-unsaturated/α-hetero) is 1. The van der Waals surface area contributed by atoms with E-state index in [0.717, 1.165) is 0 Å². The van der Waals surface area contributed by atoms with Crippen molar-refractivity contribution in [2.24, 2.45) is 0 Å². The molecule has 0 unspecified atom stereocenters. The van der Waals surface area contributed by atoms with Gasteiger partial charge >= 0.3 is 5.97 Å². The topological polar surface area (TPSA) is 87.8 Å². The van der Waals surface area contributed by atoms with Crippen molar-refractivity contribution < 1.29 is 23.9 Å². The highest BCUT2D eigenvalue weighted by Gasteiger charge is 2.41. The van der Waals surface area contributed by atoms with Crippen LogP contribution in [0.3, 0.4) is 0 Å². The summed E-state index contributed by atoms with van der Waals surface area (Å²) in [5, 5.41) is 8.43. The van der Waals surface area contributed by atoms with Crippen LogP contribution in [0.15, 0.2) is 34.0 Å². The Morgan fingerprint density at radius 1 is 1.50 bits per heavy atom. The predicted octanol–water partition coefficient (Wildman–Crippen LogP) is 1.39. The lowest BCUT2D eigenvalue weighted by Gasteiger charge is -2.19. The van der Waals surface area contributed by atoms with E-state index in [4.69, 9.17) is 9.52 Å². The summed E-state index contributed by atoms with van der Waals surface area (Å²) in [5.74, 6) is -1.91. The number of carbonyl (C=O) groups is 3. The van der Waals surface area contributed by atoms with Crippen molar-refractivity contribution in [1.82, 2.24) is 4.90 Å². The van der Waals surface area contributed by atoms with Crippen LogP contribution in [-0.2, 0) is 9.59 Å². The highest BCUT2D eigenvalue weighted by molar-refractivity contribution is 7.99. The third-order valence-electron chi connectivity index (χ3n) is 3.04. The smallest absolute Gasteiger partial charge is 0.308 e. The first-order valence-corrected chi connectivity index (χ1v) is 7.09. The molecule has 1 aliphatic rings. The molecule has 1 atom stereocenters. The van der Waals surface area contributed by atoms with Crippen molar-refractivity contribution in [3.63, 3.8) is 0 Å². The molecule has 0 radical (unpaired) electrons. The summed E-state index contributed by atoms with van der Waals surface area (Å²) >= 11 is 1.30. The fourth-order valence-corrected chi connectivity index (χ4v) is 3.06. The normalized spacial score (nSPS) is 18.8. The number of hydrogen-bond acceptors (Lipinski definition) is 5. The van der Waals surface area contributed by atoms with Gasteiger partial charge in [-0.05, 0) is 18.4 Å². The molecule has 2 rings (SSSR count). The molecular weight excluding hydrogens is 282 g/mol. The molecule has 20 heavy (non-hydrogen) atoms. The third kappa shape index (κ3) is 2.36. The van der Waals surface area contributed by atoms with Gasteiger partial charge in [-0.2, -0.15) is 0 Å². The van der Waals surface area contributed by atoms with Crippen molar-refractivity contribution in [3.05, 3.63) is 35.3 Å². The van der Waals surface area contributed by atoms with E-state index in [2.05, 4.69) is 0 Å². The molecule has 0 bridgehead atoms. The highest BCUT2D eigenvalue weighted by atomic mass is 32.2. The van der Waals surface area contributed by atoms with Crippen molar-refractivity contribution in [2.75, 3.05) is 13.3 Å². The number of hydrogen-bond donors (Lipinski definition) is 1. The van der Waals surface area contributed by atoms with Crippen LogP contribution in [0.1, 0.15) is 17.0 Å². The largest absolute Gasteiger partial charge is 0.481 e. The molecule has 0 saturated heterocycles. The molecule has 0 saturated carbocycles. The van der Waals surface area contributed by atoms with Crippen LogP contribution in [0.2, 0.25) is 0 Å².